The minimum atomic E-state index is -4.45. The second-order valence-electron chi connectivity index (χ2n) is 7.03. The van der Waals surface area contributed by atoms with Crippen LogP contribution in [0.15, 0.2) is 69.9 Å². The number of methoxy groups -OCH3 is 1. The Morgan fingerprint density at radius 2 is 1.91 bits per heavy atom. The first kappa shape index (κ1) is 21.0. The molecule has 0 saturated heterocycles. The Labute approximate surface area is 188 Å². The number of furan rings is 1. The Morgan fingerprint density at radius 1 is 1.09 bits per heavy atom. The SMILES string of the molecule is COc1ccccc1-c1nc2s/c(=C\c3ccc(-c4cccc(C(F)(F)F)c4)o3)c(=O)n2n1. The van der Waals surface area contributed by atoms with Crippen molar-refractivity contribution < 1.29 is 22.3 Å². The van der Waals surface area contributed by atoms with E-state index in [1.165, 1.54) is 22.7 Å². The van der Waals surface area contributed by atoms with Crippen LogP contribution in [0, 0.1) is 0 Å². The molecule has 5 aromatic rings. The van der Waals surface area contributed by atoms with Crippen molar-refractivity contribution in [3.63, 3.8) is 0 Å². The molecule has 3 heterocycles. The third kappa shape index (κ3) is 3.89. The van der Waals surface area contributed by atoms with E-state index in [-0.39, 0.29) is 16.9 Å². The van der Waals surface area contributed by atoms with Gasteiger partial charge in [0.2, 0.25) is 4.96 Å². The molecule has 0 atom stereocenters. The molecule has 0 bridgehead atoms. The Kier molecular flexibility index (Phi) is 5.01. The number of para-hydroxylation sites is 1. The van der Waals surface area contributed by atoms with Crippen molar-refractivity contribution in [3.05, 3.63) is 86.9 Å². The maximum atomic E-state index is 13.0. The predicted molar refractivity (Wildman–Crippen MR) is 117 cm³/mol. The molecule has 0 fully saturated rings. The van der Waals surface area contributed by atoms with Crippen molar-refractivity contribution >= 4 is 22.4 Å². The summed E-state index contributed by atoms with van der Waals surface area (Å²) in [4.78, 5) is 17.6. The Hall–Kier alpha value is -3.92. The highest BCUT2D eigenvalue weighted by atomic mass is 32.1. The maximum Gasteiger partial charge on any atom is 0.416 e. The number of halogens is 3. The molecule has 6 nitrogen and oxygen atoms in total. The molecule has 10 heteroatoms. The molecule has 2 aromatic carbocycles. The van der Waals surface area contributed by atoms with E-state index in [4.69, 9.17) is 9.15 Å². The number of hydrogen-bond donors (Lipinski definition) is 0. The zero-order valence-electron chi connectivity index (χ0n) is 17.0. The van der Waals surface area contributed by atoms with Gasteiger partial charge in [-0.05, 0) is 36.4 Å². The van der Waals surface area contributed by atoms with Crippen LogP contribution in [0.2, 0.25) is 0 Å². The topological polar surface area (TPSA) is 69.6 Å². The molecule has 0 amide bonds. The summed E-state index contributed by atoms with van der Waals surface area (Å²) in [7, 11) is 1.54. The van der Waals surface area contributed by atoms with Crippen LogP contribution < -0.4 is 14.8 Å². The summed E-state index contributed by atoms with van der Waals surface area (Å²) in [5.74, 6) is 1.55. The Morgan fingerprint density at radius 3 is 2.67 bits per heavy atom. The fourth-order valence-corrected chi connectivity index (χ4v) is 4.23. The number of hydrogen-bond acceptors (Lipinski definition) is 6. The normalized spacial score (nSPS) is 12.5. The molecule has 0 aliphatic rings. The second kappa shape index (κ2) is 7.89. The van der Waals surface area contributed by atoms with E-state index < -0.39 is 11.7 Å². The average molecular weight is 469 g/mol. The average Bonchev–Trinajstić information content (AvgIpc) is 3.51. The summed E-state index contributed by atoms with van der Waals surface area (Å²) in [6.07, 6.45) is -2.93. The van der Waals surface area contributed by atoms with E-state index in [1.807, 2.05) is 12.1 Å². The number of benzene rings is 2. The van der Waals surface area contributed by atoms with Gasteiger partial charge in [0.1, 0.15) is 21.8 Å². The zero-order chi connectivity index (χ0) is 23.2. The largest absolute Gasteiger partial charge is 0.496 e. The molecule has 5 rings (SSSR count). The maximum absolute atomic E-state index is 13.0. The molecule has 0 N–H and O–H groups in total. The van der Waals surface area contributed by atoms with Gasteiger partial charge in [0.05, 0.1) is 18.2 Å². The van der Waals surface area contributed by atoms with Crippen molar-refractivity contribution in [1.82, 2.24) is 14.6 Å². The summed E-state index contributed by atoms with van der Waals surface area (Å²) in [5.41, 5.74) is -0.186. The highest BCUT2D eigenvalue weighted by Crippen LogP contribution is 2.33. The zero-order valence-corrected chi connectivity index (χ0v) is 17.8. The standard InChI is InChI=1S/C23H14F3N3O3S/c1-31-18-8-3-2-7-16(18)20-27-22-29(28-20)21(30)19(33-22)12-15-9-10-17(32-15)13-5-4-6-14(11-13)23(24,25)26/h2-12H,1H3/b19-12-. The van der Waals surface area contributed by atoms with Crippen LogP contribution in [-0.2, 0) is 6.18 Å². The van der Waals surface area contributed by atoms with Crippen molar-refractivity contribution in [3.8, 4) is 28.5 Å². The smallest absolute Gasteiger partial charge is 0.416 e. The summed E-state index contributed by atoms with van der Waals surface area (Å²) < 4.78 is 51.5. The molecule has 0 aliphatic heterocycles. The number of aromatic nitrogens is 3. The molecule has 166 valence electrons. The van der Waals surface area contributed by atoms with Gasteiger partial charge in [0.15, 0.2) is 5.82 Å². The van der Waals surface area contributed by atoms with E-state index in [2.05, 4.69) is 10.1 Å². The van der Waals surface area contributed by atoms with Gasteiger partial charge in [0.25, 0.3) is 5.56 Å². The van der Waals surface area contributed by atoms with Crippen LogP contribution in [0.3, 0.4) is 0 Å². The van der Waals surface area contributed by atoms with E-state index in [0.717, 1.165) is 23.5 Å². The molecule has 0 spiro atoms. The number of nitrogens with zero attached hydrogens (tertiary/aromatic N) is 3. The van der Waals surface area contributed by atoms with Crippen LogP contribution in [0.25, 0.3) is 33.7 Å². The fourth-order valence-electron chi connectivity index (χ4n) is 3.34. The number of thiazole rings is 1. The molecular formula is C23H14F3N3O3S. The Balaban J connectivity index is 1.50. The third-order valence-corrected chi connectivity index (χ3v) is 5.86. The van der Waals surface area contributed by atoms with E-state index in [1.54, 1.807) is 31.4 Å². The highest BCUT2D eigenvalue weighted by molar-refractivity contribution is 7.15. The predicted octanol–water partition coefficient (Wildman–Crippen LogP) is 4.65. The number of rotatable bonds is 4. The molecule has 0 saturated carbocycles. The molecule has 33 heavy (non-hydrogen) atoms. The lowest BCUT2D eigenvalue weighted by molar-refractivity contribution is -0.137. The van der Waals surface area contributed by atoms with Crippen LogP contribution in [0.4, 0.5) is 13.2 Å². The van der Waals surface area contributed by atoms with E-state index in [0.29, 0.717) is 32.4 Å². The first-order valence-electron chi connectivity index (χ1n) is 9.65. The van der Waals surface area contributed by atoms with Crippen molar-refractivity contribution in [2.75, 3.05) is 7.11 Å². The van der Waals surface area contributed by atoms with Crippen LogP contribution in [-0.4, -0.2) is 21.7 Å². The lowest BCUT2D eigenvalue weighted by Gasteiger charge is -2.07. The summed E-state index contributed by atoms with van der Waals surface area (Å²) in [5, 5.41) is 4.31. The van der Waals surface area contributed by atoms with Gasteiger partial charge >= 0.3 is 6.18 Å². The first-order chi connectivity index (χ1) is 15.8. The van der Waals surface area contributed by atoms with Crippen LogP contribution in [0.1, 0.15) is 11.3 Å². The molecule has 0 aliphatic carbocycles. The van der Waals surface area contributed by atoms with Crippen molar-refractivity contribution in [2.45, 2.75) is 6.18 Å². The minimum absolute atomic E-state index is 0.262. The second-order valence-corrected chi connectivity index (χ2v) is 8.04. The minimum Gasteiger partial charge on any atom is -0.496 e. The van der Waals surface area contributed by atoms with Gasteiger partial charge in [-0.1, -0.05) is 35.6 Å². The lowest BCUT2D eigenvalue weighted by Crippen LogP contribution is -2.23. The van der Waals surface area contributed by atoms with Gasteiger partial charge < -0.3 is 9.15 Å². The quantitative estimate of drug-likeness (QED) is 0.383. The third-order valence-electron chi connectivity index (χ3n) is 4.90. The van der Waals surface area contributed by atoms with E-state index in [9.17, 15) is 18.0 Å². The van der Waals surface area contributed by atoms with Gasteiger partial charge in [-0.3, -0.25) is 4.79 Å². The lowest BCUT2D eigenvalue weighted by atomic mass is 10.1. The molecular weight excluding hydrogens is 455 g/mol. The van der Waals surface area contributed by atoms with Gasteiger partial charge in [-0.2, -0.15) is 22.7 Å². The van der Waals surface area contributed by atoms with Crippen LogP contribution >= 0.6 is 11.3 Å². The van der Waals surface area contributed by atoms with Crippen molar-refractivity contribution in [1.29, 1.82) is 0 Å². The number of alkyl halides is 3. The van der Waals surface area contributed by atoms with Crippen molar-refractivity contribution in [2.24, 2.45) is 0 Å². The van der Waals surface area contributed by atoms with E-state index >= 15 is 0 Å². The Bertz CT molecular complexity index is 1580. The molecule has 0 unspecified atom stereocenters. The highest BCUT2D eigenvalue weighted by Gasteiger charge is 2.30. The summed E-state index contributed by atoms with van der Waals surface area (Å²) in [6.45, 7) is 0. The van der Waals surface area contributed by atoms with Gasteiger partial charge in [-0.25, -0.2) is 0 Å². The summed E-state index contributed by atoms with van der Waals surface area (Å²) >= 11 is 1.13. The van der Waals surface area contributed by atoms with Gasteiger partial charge in [0, 0.05) is 11.6 Å². The fraction of sp³-hybridized carbons (Fsp3) is 0.0870. The number of fused-ring (bicyclic) bond motifs is 1. The first-order valence-corrected chi connectivity index (χ1v) is 10.5. The molecule has 0 radical (unpaired) electrons. The summed E-state index contributed by atoms with van der Waals surface area (Å²) in [6, 6.07) is 15.2. The monoisotopic (exact) mass is 469 g/mol. The number of ether oxygens (including phenoxy) is 1. The van der Waals surface area contributed by atoms with Crippen LogP contribution in [0.5, 0.6) is 5.75 Å². The molecule has 3 aromatic heterocycles. The van der Waals surface area contributed by atoms with Gasteiger partial charge in [-0.15, -0.1) is 5.10 Å².